The molecule has 0 aromatic heterocycles. The van der Waals surface area contributed by atoms with Crippen LogP contribution in [0.5, 0.6) is 0 Å². The number of amides is 3. The summed E-state index contributed by atoms with van der Waals surface area (Å²) in [5, 5.41) is 9.26. The molecular formula is C15H23N5O4. The highest BCUT2D eigenvalue weighted by atomic mass is 16.6. The first-order valence-corrected chi connectivity index (χ1v) is 7.74. The van der Waals surface area contributed by atoms with Crippen LogP contribution in [0.1, 0.15) is 13.8 Å². The van der Waals surface area contributed by atoms with Crippen LogP contribution in [0, 0.1) is 11.3 Å². The average Bonchev–Trinajstić information content (AvgIpc) is 2.58. The van der Waals surface area contributed by atoms with Gasteiger partial charge in [-0.05, 0) is 6.92 Å². The zero-order chi connectivity index (χ0) is 18.1. The summed E-state index contributed by atoms with van der Waals surface area (Å²) in [6.45, 7) is 5.14. The number of piperazine rings is 1. The van der Waals surface area contributed by atoms with Crippen molar-refractivity contribution in [2.24, 2.45) is 5.73 Å². The molecule has 1 aliphatic heterocycles. The molecule has 3 amide bonds. The second kappa shape index (κ2) is 9.52. The Morgan fingerprint density at radius 3 is 2.29 bits per heavy atom. The Hall–Kier alpha value is -2.60. The minimum Gasteiger partial charge on any atom is -0.449 e. The van der Waals surface area contributed by atoms with Crippen molar-refractivity contribution in [3.05, 3.63) is 11.8 Å². The van der Waals surface area contributed by atoms with Crippen molar-refractivity contribution < 1.29 is 19.1 Å². The number of ether oxygens (including phenoxy) is 1. The second-order valence-corrected chi connectivity index (χ2v) is 5.13. The predicted octanol–water partition coefficient (Wildman–Crippen LogP) is -0.498. The van der Waals surface area contributed by atoms with Gasteiger partial charge in [-0.15, -0.1) is 0 Å². The molecule has 0 aliphatic carbocycles. The molecule has 9 heteroatoms. The molecule has 0 saturated carbocycles. The van der Waals surface area contributed by atoms with Crippen LogP contribution in [0.25, 0.3) is 0 Å². The fraction of sp³-hybridized carbons (Fsp3) is 0.600. The normalized spacial score (nSPS) is 14.8. The van der Waals surface area contributed by atoms with E-state index >= 15 is 0 Å². The minimum atomic E-state index is -0.662. The highest BCUT2D eigenvalue weighted by Gasteiger charge is 2.25. The number of hydrogen-bond donors (Lipinski definition) is 1. The standard InChI is InChI=1S/C15H23N5O4/c1-3-24-15(23)20(5-4-16)11-13(10-17)14(22)19-8-6-18(7-9-19)12(2)21/h11H,3-9,16H2,1-2H3/b13-11-. The van der Waals surface area contributed by atoms with Gasteiger partial charge in [0.15, 0.2) is 0 Å². The van der Waals surface area contributed by atoms with Gasteiger partial charge in [0.25, 0.3) is 5.91 Å². The molecule has 24 heavy (non-hydrogen) atoms. The molecule has 0 bridgehead atoms. The zero-order valence-electron chi connectivity index (χ0n) is 14.0. The SMILES string of the molecule is CCOC(=O)N(/C=C(/C#N)C(=O)N1CCN(C(C)=O)CC1)CCN. The molecule has 0 atom stereocenters. The van der Waals surface area contributed by atoms with Crippen LogP contribution in [0.3, 0.4) is 0 Å². The molecule has 0 aromatic rings. The smallest absolute Gasteiger partial charge is 0.413 e. The van der Waals surface area contributed by atoms with E-state index < -0.39 is 12.0 Å². The molecule has 1 rings (SSSR count). The highest BCUT2D eigenvalue weighted by molar-refractivity contribution is 5.97. The van der Waals surface area contributed by atoms with E-state index in [4.69, 9.17) is 10.5 Å². The van der Waals surface area contributed by atoms with E-state index in [1.807, 2.05) is 6.07 Å². The summed E-state index contributed by atoms with van der Waals surface area (Å²) in [6.07, 6.45) is 0.509. The summed E-state index contributed by atoms with van der Waals surface area (Å²) < 4.78 is 4.88. The maximum absolute atomic E-state index is 12.4. The van der Waals surface area contributed by atoms with E-state index in [-0.39, 0.29) is 31.2 Å². The molecular weight excluding hydrogens is 314 g/mol. The number of carbonyl (C=O) groups is 3. The van der Waals surface area contributed by atoms with Gasteiger partial charge in [-0.2, -0.15) is 5.26 Å². The summed E-state index contributed by atoms with van der Waals surface area (Å²) in [6, 6.07) is 1.82. The highest BCUT2D eigenvalue weighted by Crippen LogP contribution is 2.09. The van der Waals surface area contributed by atoms with Crippen molar-refractivity contribution in [1.82, 2.24) is 14.7 Å². The Balaban J connectivity index is 2.83. The summed E-state index contributed by atoms with van der Waals surface area (Å²) in [5.74, 6) is -0.526. The van der Waals surface area contributed by atoms with E-state index in [1.54, 1.807) is 11.8 Å². The average molecular weight is 337 g/mol. The fourth-order valence-electron chi connectivity index (χ4n) is 2.24. The van der Waals surface area contributed by atoms with Crippen LogP contribution < -0.4 is 5.73 Å². The van der Waals surface area contributed by atoms with Crippen LogP contribution >= 0.6 is 0 Å². The maximum atomic E-state index is 12.4. The van der Waals surface area contributed by atoms with Gasteiger partial charge >= 0.3 is 6.09 Å². The first-order valence-electron chi connectivity index (χ1n) is 7.74. The maximum Gasteiger partial charge on any atom is 0.413 e. The van der Waals surface area contributed by atoms with Crippen molar-refractivity contribution in [3.63, 3.8) is 0 Å². The van der Waals surface area contributed by atoms with Crippen molar-refractivity contribution in [2.75, 3.05) is 45.9 Å². The molecule has 1 fully saturated rings. The third-order valence-electron chi connectivity index (χ3n) is 3.52. The zero-order valence-corrected chi connectivity index (χ0v) is 14.0. The largest absolute Gasteiger partial charge is 0.449 e. The van der Waals surface area contributed by atoms with Gasteiger partial charge in [-0.3, -0.25) is 14.5 Å². The van der Waals surface area contributed by atoms with E-state index in [0.717, 1.165) is 4.90 Å². The van der Waals surface area contributed by atoms with Gasteiger partial charge in [-0.1, -0.05) is 0 Å². The van der Waals surface area contributed by atoms with Crippen molar-refractivity contribution >= 4 is 17.9 Å². The van der Waals surface area contributed by atoms with Crippen molar-refractivity contribution in [2.45, 2.75) is 13.8 Å². The quantitative estimate of drug-likeness (QED) is 0.533. The Labute approximate surface area is 141 Å². The number of nitrogens with two attached hydrogens (primary N) is 1. The molecule has 0 unspecified atom stereocenters. The Morgan fingerprint density at radius 1 is 1.25 bits per heavy atom. The van der Waals surface area contributed by atoms with Gasteiger partial charge in [0.1, 0.15) is 11.6 Å². The lowest BCUT2D eigenvalue weighted by atomic mass is 10.2. The number of hydrogen-bond acceptors (Lipinski definition) is 6. The lowest BCUT2D eigenvalue weighted by Crippen LogP contribution is -2.50. The van der Waals surface area contributed by atoms with Crippen molar-refractivity contribution in [1.29, 1.82) is 5.26 Å². The third-order valence-corrected chi connectivity index (χ3v) is 3.52. The topological polar surface area (TPSA) is 120 Å². The van der Waals surface area contributed by atoms with E-state index in [2.05, 4.69) is 0 Å². The molecule has 2 N–H and O–H groups in total. The van der Waals surface area contributed by atoms with Crippen LogP contribution in [-0.4, -0.2) is 78.5 Å². The predicted molar refractivity (Wildman–Crippen MR) is 85.3 cm³/mol. The number of rotatable bonds is 5. The number of nitrogens with zero attached hydrogens (tertiary/aromatic N) is 4. The Bertz CT molecular complexity index is 547. The fourth-order valence-corrected chi connectivity index (χ4v) is 2.24. The summed E-state index contributed by atoms with van der Waals surface area (Å²) in [7, 11) is 0. The second-order valence-electron chi connectivity index (χ2n) is 5.13. The summed E-state index contributed by atoms with van der Waals surface area (Å²) in [5.41, 5.74) is 5.28. The van der Waals surface area contributed by atoms with Gasteiger partial charge in [0, 0.05) is 52.4 Å². The molecule has 1 aliphatic rings. The third kappa shape index (κ3) is 5.24. The minimum absolute atomic E-state index is 0.0467. The van der Waals surface area contributed by atoms with Crippen LogP contribution in [0.4, 0.5) is 4.79 Å². The molecule has 0 spiro atoms. The molecule has 1 saturated heterocycles. The van der Waals surface area contributed by atoms with Crippen LogP contribution in [0.15, 0.2) is 11.8 Å². The van der Waals surface area contributed by atoms with E-state index in [0.29, 0.717) is 26.2 Å². The lowest BCUT2D eigenvalue weighted by Gasteiger charge is -2.34. The monoisotopic (exact) mass is 337 g/mol. The van der Waals surface area contributed by atoms with Crippen LogP contribution in [0.2, 0.25) is 0 Å². The molecule has 0 radical (unpaired) electrons. The molecule has 0 aromatic carbocycles. The summed E-state index contributed by atoms with van der Waals surface area (Å²) >= 11 is 0. The van der Waals surface area contributed by atoms with Gasteiger partial charge in [-0.25, -0.2) is 4.79 Å². The molecule has 132 valence electrons. The first kappa shape index (κ1) is 19.4. The Kier molecular flexibility index (Phi) is 7.71. The number of nitriles is 1. The molecule has 9 nitrogen and oxygen atoms in total. The van der Waals surface area contributed by atoms with Crippen LogP contribution in [-0.2, 0) is 14.3 Å². The van der Waals surface area contributed by atoms with Gasteiger partial charge in [0.05, 0.1) is 6.61 Å². The first-order chi connectivity index (χ1) is 11.4. The number of carbonyl (C=O) groups excluding carboxylic acids is 3. The van der Waals surface area contributed by atoms with Gasteiger partial charge < -0.3 is 20.3 Å². The lowest BCUT2D eigenvalue weighted by molar-refractivity contribution is -0.136. The van der Waals surface area contributed by atoms with E-state index in [1.165, 1.54) is 18.0 Å². The summed E-state index contributed by atoms with van der Waals surface area (Å²) in [4.78, 5) is 39.8. The molecule has 1 heterocycles. The Morgan fingerprint density at radius 2 is 1.83 bits per heavy atom. The van der Waals surface area contributed by atoms with Gasteiger partial charge in [0.2, 0.25) is 5.91 Å². The van der Waals surface area contributed by atoms with E-state index in [9.17, 15) is 19.6 Å². The van der Waals surface area contributed by atoms with Crippen molar-refractivity contribution in [3.8, 4) is 6.07 Å².